The molecule has 0 aliphatic carbocycles. The van der Waals surface area contributed by atoms with E-state index < -0.39 is 0 Å². The summed E-state index contributed by atoms with van der Waals surface area (Å²) in [4.78, 5) is 0. The Morgan fingerprint density at radius 3 is 3.07 bits per heavy atom. The lowest BCUT2D eigenvalue weighted by atomic mass is 10.2. The summed E-state index contributed by atoms with van der Waals surface area (Å²) in [6.45, 7) is 2.51. The minimum Gasteiger partial charge on any atom is -0.492 e. The van der Waals surface area contributed by atoms with Gasteiger partial charge in [-0.2, -0.15) is 0 Å². The average Bonchev–Trinajstić information content (AvgIpc) is 2.63. The van der Waals surface area contributed by atoms with Gasteiger partial charge < -0.3 is 10.5 Å². The third-order valence-corrected chi connectivity index (χ3v) is 3.32. The number of fused-ring (bicyclic) bond motifs is 1. The summed E-state index contributed by atoms with van der Waals surface area (Å²) < 4.78 is 6.41. The summed E-state index contributed by atoms with van der Waals surface area (Å²) in [5.74, 6) is 0.664. The lowest BCUT2D eigenvalue weighted by Gasteiger charge is -2.07. The van der Waals surface area contributed by atoms with Gasteiger partial charge >= 0.3 is 0 Å². The van der Waals surface area contributed by atoms with Gasteiger partial charge in [0.15, 0.2) is 0 Å². The van der Waals surface area contributed by atoms with Crippen molar-refractivity contribution in [1.29, 1.82) is 0 Å². The molecule has 0 amide bonds. The zero-order valence-electron chi connectivity index (χ0n) is 7.71. The van der Waals surface area contributed by atoms with Gasteiger partial charge in [0.05, 0.1) is 22.0 Å². The SMILES string of the molecule is CCOc1cc(N)c2sccc2c1Cl. The summed E-state index contributed by atoms with van der Waals surface area (Å²) in [5, 5.41) is 3.60. The topological polar surface area (TPSA) is 35.2 Å². The van der Waals surface area contributed by atoms with Crippen molar-refractivity contribution in [1.82, 2.24) is 0 Å². The number of hydrogen-bond donors (Lipinski definition) is 1. The number of hydrogen-bond acceptors (Lipinski definition) is 3. The maximum atomic E-state index is 6.16. The van der Waals surface area contributed by atoms with Crippen molar-refractivity contribution in [3.05, 3.63) is 22.5 Å². The van der Waals surface area contributed by atoms with E-state index in [1.165, 1.54) is 0 Å². The lowest BCUT2D eigenvalue weighted by Crippen LogP contribution is -1.94. The minimum atomic E-state index is 0.592. The largest absolute Gasteiger partial charge is 0.492 e. The molecule has 1 heterocycles. The van der Waals surface area contributed by atoms with E-state index in [2.05, 4.69) is 0 Å². The second-order valence-corrected chi connectivity index (χ2v) is 4.17. The molecule has 0 radical (unpaired) electrons. The number of rotatable bonds is 2. The summed E-state index contributed by atoms with van der Waals surface area (Å²) in [6, 6.07) is 3.74. The lowest BCUT2D eigenvalue weighted by molar-refractivity contribution is 0.341. The average molecular weight is 228 g/mol. The predicted octanol–water partition coefficient (Wildman–Crippen LogP) is 3.54. The van der Waals surface area contributed by atoms with Crippen molar-refractivity contribution in [2.75, 3.05) is 12.3 Å². The molecule has 4 heteroatoms. The van der Waals surface area contributed by atoms with Gasteiger partial charge in [0.1, 0.15) is 5.75 Å². The molecule has 0 bridgehead atoms. The van der Waals surface area contributed by atoms with Crippen LogP contribution in [0.25, 0.3) is 10.1 Å². The van der Waals surface area contributed by atoms with Crippen LogP contribution in [-0.4, -0.2) is 6.61 Å². The van der Waals surface area contributed by atoms with Crippen LogP contribution in [0.1, 0.15) is 6.92 Å². The van der Waals surface area contributed by atoms with E-state index in [4.69, 9.17) is 22.1 Å². The Balaban J connectivity index is 2.68. The molecule has 0 spiro atoms. The Kier molecular flexibility index (Phi) is 2.52. The normalized spacial score (nSPS) is 10.7. The molecule has 14 heavy (non-hydrogen) atoms. The van der Waals surface area contributed by atoms with Gasteiger partial charge in [-0.25, -0.2) is 0 Å². The molecule has 1 aromatic heterocycles. The minimum absolute atomic E-state index is 0.592. The van der Waals surface area contributed by atoms with Gasteiger partial charge in [-0.05, 0) is 18.4 Å². The van der Waals surface area contributed by atoms with Crippen LogP contribution in [0.5, 0.6) is 5.75 Å². The molecule has 1 aromatic carbocycles. The molecule has 0 saturated heterocycles. The molecule has 0 aliphatic rings. The molecule has 2 rings (SSSR count). The Labute approximate surface area is 91.2 Å². The van der Waals surface area contributed by atoms with Gasteiger partial charge in [0.2, 0.25) is 0 Å². The van der Waals surface area contributed by atoms with E-state index >= 15 is 0 Å². The maximum absolute atomic E-state index is 6.16. The summed E-state index contributed by atoms with van der Waals surface area (Å²) >= 11 is 7.75. The van der Waals surface area contributed by atoms with Crippen LogP contribution < -0.4 is 10.5 Å². The number of ether oxygens (including phenoxy) is 1. The van der Waals surface area contributed by atoms with Crippen molar-refractivity contribution in [2.24, 2.45) is 0 Å². The van der Waals surface area contributed by atoms with Gasteiger partial charge in [0.25, 0.3) is 0 Å². The Morgan fingerprint density at radius 2 is 2.36 bits per heavy atom. The van der Waals surface area contributed by atoms with Crippen LogP contribution >= 0.6 is 22.9 Å². The van der Waals surface area contributed by atoms with E-state index in [0.29, 0.717) is 17.4 Å². The monoisotopic (exact) mass is 227 g/mol. The third-order valence-electron chi connectivity index (χ3n) is 1.97. The summed E-state index contributed by atoms with van der Waals surface area (Å²) in [6.07, 6.45) is 0. The molecule has 0 atom stereocenters. The molecule has 2 aromatic rings. The molecule has 2 N–H and O–H groups in total. The molecule has 0 unspecified atom stereocenters. The summed E-state index contributed by atoms with van der Waals surface area (Å²) in [7, 11) is 0. The smallest absolute Gasteiger partial charge is 0.140 e. The van der Waals surface area contributed by atoms with Gasteiger partial charge in [0, 0.05) is 11.5 Å². The van der Waals surface area contributed by atoms with Crippen LogP contribution in [0, 0.1) is 0 Å². The van der Waals surface area contributed by atoms with Crippen LogP contribution in [0.15, 0.2) is 17.5 Å². The van der Waals surface area contributed by atoms with Crippen molar-refractivity contribution in [3.63, 3.8) is 0 Å². The Bertz CT molecular complexity index is 466. The fourth-order valence-electron chi connectivity index (χ4n) is 1.37. The third kappa shape index (κ3) is 1.42. The van der Waals surface area contributed by atoms with E-state index in [1.54, 1.807) is 17.4 Å². The van der Waals surface area contributed by atoms with E-state index in [1.807, 2.05) is 18.4 Å². The number of benzene rings is 1. The first-order valence-corrected chi connectivity index (χ1v) is 5.57. The van der Waals surface area contributed by atoms with Crippen LogP contribution in [0.2, 0.25) is 5.02 Å². The van der Waals surface area contributed by atoms with Crippen molar-refractivity contribution < 1.29 is 4.74 Å². The zero-order chi connectivity index (χ0) is 10.1. The summed E-state index contributed by atoms with van der Waals surface area (Å²) in [5.41, 5.74) is 6.60. The Hall–Kier alpha value is -0.930. The Morgan fingerprint density at radius 1 is 1.57 bits per heavy atom. The standard InChI is InChI=1S/C10H10ClNOS/c1-2-13-8-5-7(12)10-6(9(8)11)3-4-14-10/h3-5H,2,12H2,1H3. The van der Waals surface area contributed by atoms with Crippen molar-refractivity contribution >= 4 is 38.7 Å². The van der Waals surface area contributed by atoms with Gasteiger partial charge in [-0.15, -0.1) is 11.3 Å². The van der Waals surface area contributed by atoms with Crippen LogP contribution in [-0.2, 0) is 0 Å². The van der Waals surface area contributed by atoms with Crippen LogP contribution in [0.4, 0.5) is 5.69 Å². The van der Waals surface area contributed by atoms with Crippen molar-refractivity contribution in [2.45, 2.75) is 6.92 Å². The molecule has 74 valence electrons. The molecule has 0 fully saturated rings. The molecular weight excluding hydrogens is 218 g/mol. The number of halogens is 1. The molecular formula is C10H10ClNOS. The molecule has 0 saturated carbocycles. The predicted molar refractivity (Wildman–Crippen MR) is 62.4 cm³/mol. The first-order chi connectivity index (χ1) is 6.74. The number of thiophene rings is 1. The van der Waals surface area contributed by atoms with Crippen LogP contribution in [0.3, 0.4) is 0 Å². The van der Waals surface area contributed by atoms with E-state index in [-0.39, 0.29) is 0 Å². The fourth-order valence-corrected chi connectivity index (χ4v) is 2.52. The maximum Gasteiger partial charge on any atom is 0.140 e. The highest BCUT2D eigenvalue weighted by atomic mass is 35.5. The van der Waals surface area contributed by atoms with E-state index in [0.717, 1.165) is 15.8 Å². The number of nitrogens with two attached hydrogens (primary N) is 1. The second-order valence-electron chi connectivity index (χ2n) is 2.87. The first kappa shape index (κ1) is 9.62. The van der Waals surface area contributed by atoms with Gasteiger partial charge in [-0.3, -0.25) is 0 Å². The fraction of sp³-hybridized carbons (Fsp3) is 0.200. The quantitative estimate of drug-likeness (QED) is 0.797. The van der Waals surface area contributed by atoms with Crippen molar-refractivity contribution in [3.8, 4) is 5.75 Å². The molecule has 2 nitrogen and oxygen atoms in total. The zero-order valence-corrected chi connectivity index (χ0v) is 9.28. The highest BCUT2D eigenvalue weighted by Crippen LogP contribution is 2.39. The number of anilines is 1. The molecule has 0 aliphatic heterocycles. The number of nitrogen functional groups attached to an aromatic ring is 1. The van der Waals surface area contributed by atoms with E-state index in [9.17, 15) is 0 Å². The van der Waals surface area contributed by atoms with Gasteiger partial charge in [-0.1, -0.05) is 11.6 Å². The highest BCUT2D eigenvalue weighted by Gasteiger charge is 2.10. The first-order valence-electron chi connectivity index (χ1n) is 4.32. The highest BCUT2D eigenvalue weighted by molar-refractivity contribution is 7.18. The second kappa shape index (κ2) is 3.67.